The minimum atomic E-state index is -0.676. The van der Waals surface area contributed by atoms with E-state index in [0.29, 0.717) is 0 Å². The van der Waals surface area contributed by atoms with Crippen molar-refractivity contribution in [3.63, 3.8) is 0 Å². The summed E-state index contributed by atoms with van der Waals surface area (Å²) in [4.78, 5) is 10.2. The van der Waals surface area contributed by atoms with Gasteiger partial charge in [0.15, 0.2) is 0 Å². The highest BCUT2D eigenvalue weighted by Crippen LogP contribution is 2.00. The maximum absolute atomic E-state index is 10.2. The van der Waals surface area contributed by atoms with Crippen molar-refractivity contribution >= 4 is 18.3 Å². The summed E-state index contributed by atoms with van der Waals surface area (Å²) in [5, 5.41) is 3.55. The zero-order valence-electron chi connectivity index (χ0n) is 8.71. The Morgan fingerprint density at radius 3 is 2.62 bits per heavy atom. The molecule has 0 aliphatic carbocycles. The normalized spacial score (nSPS) is 11.5. The fraction of sp³-hybridized carbons (Fsp3) is 0. The van der Waals surface area contributed by atoms with E-state index in [9.17, 15) is 4.79 Å². The van der Waals surface area contributed by atoms with Gasteiger partial charge in [0.05, 0.1) is 0 Å². The van der Waals surface area contributed by atoms with Crippen LogP contribution in [0, 0.1) is 0 Å². The molecule has 0 heterocycles. The van der Waals surface area contributed by atoms with Crippen LogP contribution in [0.15, 0.2) is 53.7 Å². The quantitative estimate of drug-likeness (QED) is 0.449. The number of hydrogen-bond acceptors (Lipinski definition) is 2. The molecule has 0 unspecified atom stereocenters. The van der Waals surface area contributed by atoms with Crippen LogP contribution in [0.3, 0.4) is 0 Å². The molecule has 4 heteroatoms. The van der Waals surface area contributed by atoms with Gasteiger partial charge >= 0.3 is 6.03 Å². The van der Waals surface area contributed by atoms with E-state index in [1.165, 1.54) is 6.21 Å². The fourth-order valence-electron chi connectivity index (χ4n) is 0.989. The van der Waals surface area contributed by atoms with Gasteiger partial charge in [-0.05, 0) is 11.6 Å². The number of amides is 2. The lowest BCUT2D eigenvalue weighted by atomic mass is 10.2. The number of primary amides is 1. The van der Waals surface area contributed by atoms with Gasteiger partial charge in [0.25, 0.3) is 0 Å². The number of allylic oxidation sites excluding steroid dienone is 3. The number of nitrogens with two attached hydrogens (primary N) is 1. The molecule has 0 aliphatic heterocycles. The third-order valence-corrected chi connectivity index (χ3v) is 1.65. The van der Waals surface area contributed by atoms with Crippen LogP contribution in [0.4, 0.5) is 4.79 Å². The molecular formula is C12H13N3O. The summed E-state index contributed by atoms with van der Waals surface area (Å²) in [6.07, 6.45) is 8.78. The number of carbonyl (C=O) groups excluding carboxylic acids is 1. The van der Waals surface area contributed by atoms with Gasteiger partial charge in [-0.1, -0.05) is 48.6 Å². The Morgan fingerprint density at radius 1 is 1.19 bits per heavy atom. The third-order valence-electron chi connectivity index (χ3n) is 1.65. The lowest BCUT2D eigenvalue weighted by molar-refractivity contribution is 0.249. The summed E-state index contributed by atoms with van der Waals surface area (Å²) < 4.78 is 0. The molecule has 82 valence electrons. The number of nitrogens with one attached hydrogen (secondary N) is 1. The summed E-state index contributed by atoms with van der Waals surface area (Å²) in [5.41, 5.74) is 8.02. The summed E-state index contributed by atoms with van der Waals surface area (Å²) >= 11 is 0. The van der Waals surface area contributed by atoms with E-state index in [1.54, 1.807) is 12.2 Å². The summed E-state index contributed by atoms with van der Waals surface area (Å²) in [6, 6.07) is 9.25. The van der Waals surface area contributed by atoms with Crippen molar-refractivity contribution in [2.24, 2.45) is 10.8 Å². The maximum atomic E-state index is 10.2. The van der Waals surface area contributed by atoms with E-state index in [0.717, 1.165) is 5.56 Å². The third kappa shape index (κ3) is 5.39. The van der Waals surface area contributed by atoms with E-state index in [4.69, 9.17) is 5.73 Å². The van der Waals surface area contributed by atoms with E-state index in [1.807, 2.05) is 42.5 Å². The van der Waals surface area contributed by atoms with E-state index < -0.39 is 6.03 Å². The first-order chi connectivity index (χ1) is 7.79. The molecule has 1 aromatic carbocycles. The van der Waals surface area contributed by atoms with E-state index >= 15 is 0 Å². The van der Waals surface area contributed by atoms with Crippen molar-refractivity contribution in [3.8, 4) is 0 Å². The zero-order valence-corrected chi connectivity index (χ0v) is 8.71. The highest BCUT2D eigenvalue weighted by Gasteiger charge is 1.81. The molecule has 0 aliphatic rings. The number of benzene rings is 1. The number of nitrogens with zero attached hydrogens (tertiary/aromatic N) is 1. The minimum Gasteiger partial charge on any atom is -0.350 e. The Hall–Kier alpha value is -2.36. The Kier molecular flexibility index (Phi) is 5.13. The van der Waals surface area contributed by atoms with Gasteiger partial charge in [-0.3, -0.25) is 0 Å². The second kappa shape index (κ2) is 7.00. The van der Waals surface area contributed by atoms with Gasteiger partial charge in [0.1, 0.15) is 0 Å². The van der Waals surface area contributed by atoms with Crippen LogP contribution in [0.5, 0.6) is 0 Å². The van der Waals surface area contributed by atoms with Crippen molar-refractivity contribution in [1.82, 2.24) is 5.43 Å². The molecule has 0 spiro atoms. The molecule has 2 amide bonds. The van der Waals surface area contributed by atoms with E-state index in [-0.39, 0.29) is 0 Å². The van der Waals surface area contributed by atoms with Crippen molar-refractivity contribution < 1.29 is 4.79 Å². The highest BCUT2D eigenvalue weighted by atomic mass is 16.2. The van der Waals surface area contributed by atoms with Crippen LogP contribution in [0.1, 0.15) is 5.56 Å². The monoisotopic (exact) mass is 215 g/mol. The SMILES string of the molecule is NC(=O)NN=CC=CC=Cc1ccccc1. The molecule has 16 heavy (non-hydrogen) atoms. The van der Waals surface area contributed by atoms with Gasteiger partial charge in [0, 0.05) is 6.21 Å². The van der Waals surface area contributed by atoms with Crippen LogP contribution in [-0.2, 0) is 0 Å². The van der Waals surface area contributed by atoms with Crippen molar-refractivity contribution in [2.75, 3.05) is 0 Å². The largest absolute Gasteiger partial charge is 0.350 e. The molecule has 0 saturated heterocycles. The minimum absolute atomic E-state index is 0.676. The second-order valence-corrected chi connectivity index (χ2v) is 2.91. The topological polar surface area (TPSA) is 67.5 Å². The molecular weight excluding hydrogens is 202 g/mol. The fourth-order valence-corrected chi connectivity index (χ4v) is 0.989. The standard InChI is InChI=1S/C12H13N3O/c13-12(16)15-14-10-6-2-5-9-11-7-3-1-4-8-11/h1-10H,(H3,13,15,16). The average Bonchev–Trinajstić information content (AvgIpc) is 2.29. The number of carbonyl (C=O) groups is 1. The van der Waals surface area contributed by atoms with Crippen molar-refractivity contribution in [2.45, 2.75) is 0 Å². The number of hydrogen-bond donors (Lipinski definition) is 2. The molecule has 1 aromatic rings. The lowest BCUT2D eigenvalue weighted by Crippen LogP contribution is -2.24. The first-order valence-corrected chi connectivity index (χ1v) is 4.76. The van der Waals surface area contributed by atoms with Crippen LogP contribution in [-0.4, -0.2) is 12.2 Å². The molecule has 0 aromatic heterocycles. The second-order valence-electron chi connectivity index (χ2n) is 2.91. The van der Waals surface area contributed by atoms with Crippen molar-refractivity contribution in [1.29, 1.82) is 0 Å². The van der Waals surface area contributed by atoms with Gasteiger partial charge < -0.3 is 5.73 Å². The molecule has 3 N–H and O–H groups in total. The van der Waals surface area contributed by atoms with E-state index in [2.05, 4.69) is 10.5 Å². The predicted octanol–water partition coefficient (Wildman–Crippen LogP) is 1.91. The number of hydrazone groups is 1. The zero-order chi connectivity index (χ0) is 11.6. The maximum Gasteiger partial charge on any atom is 0.332 e. The Labute approximate surface area is 94.2 Å². The molecule has 4 nitrogen and oxygen atoms in total. The van der Waals surface area contributed by atoms with Crippen molar-refractivity contribution in [3.05, 3.63) is 54.1 Å². The Balaban J connectivity index is 2.34. The molecule has 0 radical (unpaired) electrons. The number of urea groups is 1. The summed E-state index contributed by atoms with van der Waals surface area (Å²) in [7, 11) is 0. The summed E-state index contributed by atoms with van der Waals surface area (Å²) in [6.45, 7) is 0. The predicted molar refractivity (Wildman–Crippen MR) is 65.8 cm³/mol. The smallest absolute Gasteiger partial charge is 0.332 e. The number of rotatable bonds is 4. The molecule has 0 atom stereocenters. The molecule has 0 fully saturated rings. The van der Waals surface area contributed by atoms with Gasteiger partial charge in [-0.25, -0.2) is 10.2 Å². The molecule has 0 bridgehead atoms. The van der Waals surface area contributed by atoms with Gasteiger partial charge in [-0.2, -0.15) is 5.10 Å². The first-order valence-electron chi connectivity index (χ1n) is 4.76. The van der Waals surface area contributed by atoms with Crippen LogP contribution in [0.2, 0.25) is 0 Å². The summed E-state index contributed by atoms with van der Waals surface area (Å²) in [5.74, 6) is 0. The Morgan fingerprint density at radius 2 is 1.94 bits per heavy atom. The van der Waals surface area contributed by atoms with Gasteiger partial charge in [-0.15, -0.1) is 0 Å². The van der Waals surface area contributed by atoms with Crippen LogP contribution < -0.4 is 11.2 Å². The first kappa shape index (κ1) is 11.7. The lowest BCUT2D eigenvalue weighted by Gasteiger charge is -1.88. The van der Waals surface area contributed by atoms with Crippen LogP contribution >= 0.6 is 0 Å². The van der Waals surface area contributed by atoms with Gasteiger partial charge in [0.2, 0.25) is 0 Å². The van der Waals surface area contributed by atoms with Crippen LogP contribution in [0.25, 0.3) is 6.08 Å². The highest BCUT2D eigenvalue weighted by molar-refractivity contribution is 5.76. The average molecular weight is 215 g/mol. The Bertz CT molecular complexity index is 408. The molecule has 1 rings (SSSR count). The molecule has 0 saturated carbocycles.